The van der Waals surface area contributed by atoms with Crippen molar-refractivity contribution in [2.24, 2.45) is 0 Å². The molecule has 0 spiro atoms. The van der Waals surface area contributed by atoms with Gasteiger partial charge in [0.2, 0.25) is 5.95 Å². The lowest BCUT2D eigenvalue weighted by molar-refractivity contribution is 0.0950. The molecule has 1 aromatic heterocycles. The Morgan fingerprint density at radius 3 is 2.67 bits per heavy atom. The van der Waals surface area contributed by atoms with E-state index in [-0.39, 0.29) is 5.91 Å². The van der Waals surface area contributed by atoms with Gasteiger partial charge in [-0.1, -0.05) is 17.7 Å². The van der Waals surface area contributed by atoms with Crippen molar-refractivity contribution in [1.82, 2.24) is 15.3 Å². The van der Waals surface area contributed by atoms with Crippen LogP contribution in [0.5, 0.6) is 0 Å². The molecule has 126 valence electrons. The number of piperidine rings is 1. The van der Waals surface area contributed by atoms with Crippen molar-refractivity contribution in [2.75, 3.05) is 18.0 Å². The van der Waals surface area contributed by atoms with Gasteiger partial charge in [-0.15, -0.1) is 0 Å². The number of amides is 1. The SMILES string of the molecule is Cc1cccc(C(=O)NCc2cc(C)nc(N3CCCCC3)n2)c1. The van der Waals surface area contributed by atoms with Crippen LogP contribution in [0.4, 0.5) is 5.95 Å². The summed E-state index contributed by atoms with van der Waals surface area (Å²) in [6.07, 6.45) is 3.66. The molecule has 0 unspecified atom stereocenters. The summed E-state index contributed by atoms with van der Waals surface area (Å²) in [7, 11) is 0. The molecule has 2 aromatic rings. The molecule has 1 aromatic carbocycles. The molecule has 1 aliphatic rings. The summed E-state index contributed by atoms with van der Waals surface area (Å²) in [5, 5.41) is 2.95. The predicted molar refractivity (Wildman–Crippen MR) is 95.2 cm³/mol. The van der Waals surface area contributed by atoms with E-state index in [0.29, 0.717) is 12.1 Å². The summed E-state index contributed by atoms with van der Waals surface area (Å²) < 4.78 is 0. The largest absolute Gasteiger partial charge is 0.346 e. The number of nitrogens with zero attached hydrogens (tertiary/aromatic N) is 3. The predicted octanol–water partition coefficient (Wildman–Crippen LogP) is 3.01. The maximum absolute atomic E-state index is 12.3. The maximum Gasteiger partial charge on any atom is 0.251 e. The van der Waals surface area contributed by atoms with Crippen molar-refractivity contribution >= 4 is 11.9 Å². The average molecular weight is 324 g/mol. The molecule has 5 heteroatoms. The minimum atomic E-state index is -0.0745. The summed E-state index contributed by atoms with van der Waals surface area (Å²) in [5.41, 5.74) is 3.54. The van der Waals surface area contributed by atoms with Gasteiger partial charge in [-0.25, -0.2) is 9.97 Å². The van der Waals surface area contributed by atoms with Crippen LogP contribution < -0.4 is 10.2 Å². The second-order valence-electron chi connectivity index (χ2n) is 6.40. The summed E-state index contributed by atoms with van der Waals surface area (Å²) >= 11 is 0. The van der Waals surface area contributed by atoms with Crippen molar-refractivity contribution in [3.8, 4) is 0 Å². The fraction of sp³-hybridized carbons (Fsp3) is 0.421. The molecule has 1 saturated heterocycles. The van der Waals surface area contributed by atoms with E-state index in [1.165, 1.54) is 19.3 Å². The van der Waals surface area contributed by atoms with Crippen molar-refractivity contribution in [2.45, 2.75) is 39.7 Å². The Hall–Kier alpha value is -2.43. The Bertz CT molecular complexity index is 723. The second kappa shape index (κ2) is 7.43. The van der Waals surface area contributed by atoms with Crippen LogP contribution in [0.2, 0.25) is 0 Å². The molecule has 1 amide bonds. The summed E-state index contributed by atoms with van der Waals surface area (Å²) in [6, 6.07) is 9.53. The number of hydrogen-bond acceptors (Lipinski definition) is 4. The number of rotatable bonds is 4. The van der Waals surface area contributed by atoms with Crippen LogP contribution in [0.1, 0.15) is 46.6 Å². The van der Waals surface area contributed by atoms with Crippen molar-refractivity contribution in [3.05, 3.63) is 52.8 Å². The third kappa shape index (κ3) is 4.10. The zero-order valence-electron chi connectivity index (χ0n) is 14.4. The molecule has 1 fully saturated rings. The molecular weight excluding hydrogens is 300 g/mol. The van der Waals surface area contributed by atoms with Crippen LogP contribution in [0, 0.1) is 13.8 Å². The van der Waals surface area contributed by atoms with Gasteiger partial charge in [0.05, 0.1) is 12.2 Å². The van der Waals surface area contributed by atoms with Gasteiger partial charge in [-0.2, -0.15) is 0 Å². The first-order valence-electron chi connectivity index (χ1n) is 8.56. The van der Waals surface area contributed by atoms with E-state index < -0.39 is 0 Å². The molecule has 3 rings (SSSR count). The lowest BCUT2D eigenvalue weighted by Crippen LogP contribution is -2.32. The van der Waals surface area contributed by atoms with Crippen molar-refractivity contribution in [3.63, 3.8) is 0 Å². The molecule has 0 atom stereocenters. The van der Waals surface area contributed by atoms with Gasteiger partial charge in [0, 0.05) is 24.3 Å². The Kier molecular flexibility index (Phi) is 5.08. The standard InChI is InChI=1S/C19H24N4O/c1-14-7-6-8-16(11-14)18(24)20-13-17-12-15(2)21-19(22-17)23-9-4-3-5-10-23/h6-8,11-12H,3-5,9-10,13H2,1-2H3,(H,20,24). The first-order chi connectivity index (χ1) is 11.6. The van der Waals surface area contributed by atoms with Crippen LogP contribution in [-0.4, -0.2) is 29.0 Å². The van der Waals surface area contributed by atoms with E-state index in [9.17, 15) is 4.79 Å². The van der Waals surface area contributed by atoms with E-state index in [1.54, 1.807) is 0 Å². The monoisotopic (exact) mass is 324 g/mol. The molecular formula is C19H24N4O. The molecule has 0 aliphatic carbocycles. The minimum Gasteiger partial charge on any atom is -0.346 e. The zero-order chi connectivity index (χ0) is 16.9. The van der Waals surface area contributed by atoms with E-state index in [2.05, 4.69) is 20.2 Å². The number of benzene rings is 1. The minimum absolute atomic E-state index is 0.0745. The Balaban J connectivity index is 1.68. The lowest BCUT2D eigenvalue weighted by Gasteiger charge is -2.27. The summed E-state index contributed by atoms with van der Waals surface area (Å²) in [6.45, 7) is 6.39. The molecule has 5 nitrogen and oxygen atoms in total. The van der Waals surface area contributed by atoms with Gasteiger partial charge in [0.25, 0.3) is 5.91 Å². The highest BCUT2D eigenvalue weighted by Gasteiger charge is 2.15. The van der Waals surface area contributed by atoms with Crippen LogP contribution in [0.15, 0.2) is 30.3 Å². The molecule has 0 radical (unpaired) electrons. The number of anilines is 1. The Morgan fingerprint density at radius 2 is 1.92 bits per heavy atom. The fourth-order valence-corrected chi connectivity index (χ4v) is 3.00. The van der Waals surface area contributed by atoms with Crippen molar-refractivity contribution in [1.29, 1.82) is 0 Å². The van der Waals surface area contributed by atoms with Gasteiger partial charge in [-0.05, 0) is 51.3 Å². The van der Waals surface area contributed by atoms with Crippen LogP contribution in [0.3, 0.4) is 0 Å². The fourth-order valence-electron chi connectivity index (χ4n) is 3.00. The van der Waals surface area contributed by atoms with Gasteiger partial charge in [0.15, 0.2) is 0 Å². The topological polar surface area (TPSA) is 58.1 Å². The highest BCUT2D eigenvalue weighted by molar-refractivity contribution is 5.94. The van der Waals surface area contributed by atoms with Crippen molar-refractivity contribution < 1.29 is 4.79 Å². The number of carbonyl (C=O) groups is 1. The number of aryl methyl sites for hydroxylation is 2. The Morgan fingerprint density at radius 1 is 1.12 bits per heavy atom. The molecule has 24 heavy (non-hydrogen) atoms. The van der Waals surface area contributed by atoms with Gasteiger partial charge >= 0.3 is 0 Å². The molecule has 1 aliphatic heterocycles. The molecule has 0 bridgehead atoms. The van der Waals surface area contributed by atoms with E-state index in [1.807, 2.05) is 44.2 Å². The average Bonchev–Trinajstić information content (AvgIpc) is 2.60. The second-order valence-corrected chi connectivity index (χ2v) is 6.40. The molecule has 0 saturated carbocycles. The maximum atomic E-state index is 12.3. The Labute approximate surface area is 143 Å². The third-order valence-electron chi connectivity index (χ3n) is 4.24. The molecule has 1 N–H and O–H groups in total. The van der Waals surface area contributed by atoms with Crippen LogP contribution in [0.25, 0.3) is 0 Å². The van der Waals surface area contributed by atoms with E-state index in [0.717, 1.165) is 36.0 Å². The zero-order valence-corrected chi connectivity index (χ0v) is 14.4. The first-order valence-corrected chi connectivity index (χ1v) is 8.56. The number of carbonyl (C=O) groups excluding carboxylic acids is 1. The highest BCUT2D eigenvalue weighted by Crippen LogP contribution is 2.16. The van der Waals surface area contributed by atoms with E-state index in [4.69, 9.17) is 0 Å². The van der Waals surface area contributed by atoms with Gasteiger partial charge in [-0.3, -0.25) is 4.79 Å². The summed E-state index contributed by atoms with van der Waals surface area (Å²) in [5.74, 6) is 0.712. The number of nitrogens with one attached hydrogen (secondary N) is 1. The smallest absolute Gasteiger partial charge is 0.251 e. The van der Waals surface area contributed by atoms with Gasteiger partial charge < -0.3 is 10.2 Å². The highest BCUT2D eigenvalue weighted by atomic mass is 16.1. The number of aromatic nitrogens is 2. The molecule has 2 heterocycles. The van der Waals surface area contributed by atoms with Crippen LogP contribution >= 0.6 is 0 Å². The van der Waals surface area contributed by atoms with Gasteiger partial charge in [0.1, 0.15) is 0 Å². The lowest BCUT2D eigenvalue weighted by atomic mass is 10.1. The number of hydrogen-bond donors (Lipinski definition) is 1. The summed E-state index contributed by atoms with van der Waals surface area (Å²) in [4.78, 5) is 23.7. The quantitative estimate of drug-likeness (QED) is 0.939. The van der Waals surface area contributed by atoms with Crippen LogP contribution in [-0.2, 0) is 6.54 Å². The third-order valence-corrected chi connectivity index (χ3v) is 4.24. The normalized spacial score (nSPS) is 14.5. The first kappa shape index (κ1) is 16.4. The van der Waals surface area contributed by atoms with E-state index >= 15 is 0 Å².